The van der Waals surface area contributed by atoms with Crippen molar-refractivity contribution in [2.24, 2.45) is 5.41 Å². The number of benzene rings is 2. The summed E-state index contributed by atoms with van der Waals surface area (Å²) in [5.41, 5.74) is 6.03. The van der Waals surface area contributed by atoms with Crippen molar-refractivity contribution in [3.8, 4) is 0 Å². The molecule has 0 fully saturated rings. The van der Waals surface area contributed by atoms with Gasteiger partial charge < -0.3 is 9.55 Å². The van der Waals surface area contributed by atoms with Gasteiger partial charge in [0.05, 0.1) is 16.7 Å². The minimum absolute atomic E-state index is 0.138. The molecule has 30 heavy (non-hydrogen) atoms. The van der Waals surface area contributed by atoms with Crippen molar-refractivity contribution in [3.05, 3.63) is 71.5 Å². The summed E-state index contributed by atoms with van der Waals surface area (Å²) in [6, 6.07) is 14.1. The second-order valence-corrected chi connectivity index (χ2v) is 9.11. The number of aromatic nitrogens is 2. The lowest BCUT2D eigenvalue weighted by molar-refractivity contribution is -0.122. The molecule has 0 saturated heterocycles. The predicted octanol–water partition coefficient (Wildman–Crippen LogP) is 4.27. The Hall–Kier alpha value is -3.60. The Morgan fingerprint density at radius 2 is 1.63 bits per heavy atom. The van der Waals surface area contributed by atoms with Gasteiger partial charge in [-0.3, -0.25) is 14.9 Å². The number of fused-ring (bicyclic) bond motifs is 1. The molecule has 0 spiro atoms. The molecule has 0 radical (unpaired) electrons. The highest BCUT2D eigenvalue weighted by Gasteiger charge is 2.36. The van der Waals surface area contributed by atoms with Crippen LogP contribution in [0.2, 0.25) is 0 Å². The first-order chi connectivity index (χ1) is 14.4. The number of carbonyl (C=O) groups excluding carboxylic acids is 2. The molecule has 4 heterocycles. The Balaban J connectivity index is 1.67. The number of aromatic amines is 1. The summed E-state index contributed by atoms with van der Waals surface area (Å²) >= 11 is 0. The maximum atomic E-state index is 13.0. The third-order valence-corrected chi connectivity index (χ3v) is 6.31. The van der Waals surface area contributed by atoms with Gasteiger partial charge in [0.25, 0.3) is 11.8 Å². The van der Waals surface area contributed by atoms with Crippen LogP contribution in [-0.4, -0.2) is 21.4 Å². The van der Waals surface area contributed by atoms with Gasteiger partial charge in [-0.15, -0.1) is 0 Å². The number of hydrogen-bond acceptors (Lipinski definition) is 2. The van der Waals surface area contributed by atoms with Crippen molar-refractivity contribution in [1.29, 1.82) is 0 Å². The molecule has 2 N–H and O–H groups in total. The van der Waals surface area contributed by atoms with E-state index in [0.717, 1.165) is 40.4 Å². The Morgan fingerprint density at radius 3 is 2.47 bits per heavy atom. The predicted molar refractivity (Wildman–Crippen MR) is 118 cm³/mol. The van der Waals surface area contributed by atoms with E-state index >= 15 is 0 Å². The van der Waals surface area contributed by atoms with Gasteiger partial charge >= 0.3 is 0 Å². The Kier molecular flexibility index (Phi) is 3.30. The fourth-order valence-corrected chi connectivity index (χ4v) is 5.18. The highest BCUT2D eigenvalue weighted by molar-refractivity contribution is 6.50. The molecular weight excluding hydrogens is 374 g/mol. The lowest BCUT2D eigenvalue weighted by atomic mass is 9.82. The normalized spacial score (nSPS) is 17.9. The van der Waals surface area contributed by atoms with Crippen molar-refractivity contribution in [3.63, 3.8) is 0 Å². The summed E-state index contributed by atoms with van der Waals surface area (Å²) in [5, 5.41) is 4.49. The van der Waals surface area contributed by atoms with Crippen LogP contribution in [0.15, 0.2) is 54.9 Å². The standard InChI is InChI=1S/C25H21N3O2/c1-25(2)10-14-6-5-8-16-18(12-28(13-25)22(14)16)21-20(23(29)27-24(21)30)17-11-26-19-9-4-3-7-15(17)19/h3-9,11-12,26H,10,13H2,1-2H3,(H,27,29,30). The van der Waals surface area contributed by atoms with Gasteiger partial charge in [0.2, 0.25) is 0 Å². The highest BCUT2D eigenvalue weighted by atomic mass is 16.2. The van der Waals surface area contributed by atoms with Crippen LogP contribution in [0.5, 0.6) is 0 Å². The number of hydrogen-bond donors (Lipinski definition) is 2. The first kappa shape index (κ1) is 17.3. The lowest BCUT2D eigenvalue weighted by Crippen LogP contribution is -2.26. The van der Waals surface area contributed by atoms with Crippen LogP contribution in [0, 0.1) is 5.41 Å². The molecule has 0 bridgehead atoms. The zero-order chi connectivity index (χ0) is 20.6. The molecule has 6 rings (SSSR count). The summed E-state index contributed by atoms with van der Waals surface area (Å²) in [6.45, 7) is 5.40. The smallest absolute Gasteiger partial charge is 0.259 e. The maximum absolute atomic E-state index is 13.0. The minimum atomic E-state index is -0.341. The topological polar surface area (TPSA) is 66.9 Å². The number of imide groups is 1. The summed E-state index contributed by atoms with van der Waals surface area (Å²) in [4.78, 5) is 29.1. The number of amides is 2. The van der Waals surface area contributed by atoms with Crippen LogP contribution < -0.4 is 5.32 Å². The quantitative estimate of drug-likeness (QED) is 0.498. The van der Waals surface area contributed by atoms with Gasteiger partial charge in [-0.25, -0.2) is 0 Å². The number of nitrogens with zero attached hydrogens (tertiary/aromatic N) is 1. The van der Waals surface area contributed by atoms with Gasteiger partial charge in [0.15, 0.2) is 0 Å². The molecule has 0 unspecified atom stereocenters. The van der Waals surface area contributed by atoms with E-state index in [2.05, 4.69) is 47.0 Å². The summed E-state index contributed by atoms with van der Waals surface area (Å²) in [5.74, 6) is -0.671. The molecule has 0 atom stereocenters. The molecular formula is C25H21N3O2. The molecule has 2 aliphatic heterocycles. The van der Waals surface area contributed by atoms with Gasteiger partial charge in [-0.1, -0.05) is 50.2 Å². The van der Waals surface area contributed by atoms with E-state index in [9.17, 15) is 9.59 Å². The third-order valence-electron chi connectivity index (χ3n) is 6.31. The molecule has 4 aromatic rings. The largest absolute Gasteiger partial charge is 0.361 e. The molecule has 2 amide bonds. The number of H-pyrrole nitrogens is 1. The monoisotopic (exact) mass is 395 g/mol. The Labute approximate surface area is 173 Å². The van der Waals surface area contributed by atoms with Crippen LogP contribution in [0.1, 0.15) is 30.5 Å². The molecule has 0 saturated carbocycles. The molecule has 2 aromatic carbocycles. The lowest BCUT2D eigenvalue weighted by Gasteiger charge is -2.31. The number of rotatable bonds is 2. The zero-order valence-corrected chi connectivity index (χ0v) is 16.9. The zero-order valence-electron chi connectivity index (χ0n) is 16.9. The van der Waals surface area contributed by atoms with Crippen LogP contribution in [0.4, 0.5) is 0 Å². The van der Waals surface area contributed by atoms with E-state index in [1.165, 1.54) is 11.1 Å². The van der Waals surface area contributed by atoms with Crippen molar-refractivity contribution in [2.45, 2.75) is 26.8 Å². The number of nitrogens with one attached hydrogen (secondary N) is 2. The molecule has 148 valence electrons. The third kappa shape index (κ3) is 2.29. The first-order valence-corrected chi connectivity index (χ1v) is 10.2. The van der Waals surface area contributed by atoms with Gasteiger partial charge in [0, 0.05) is 46.4 Å². The average Bonchev–Trinajstić information content (AvgIpc) is 3.35. The van der Waals surface area contributed by atoms with Crippen molar-refractivity contribution >= 4 is 44.8 Å². The number of para-hydroxylation sites is 2. The summed E-state index contributed by atoms with van der Waals surface area (Å²) < 4.78 is 2.25. The van der Waals surface area contributed by atoms with Crippen LogP contribution >= 0.6 is 0 Å². The Morgan fingerprint density at radius 1 is 0.900 bits per heavy atom. The van der Waals surface area contributed by atoms with E-state index in [1.54, 1.807) is 0 Å². The van der Waals surface area contributed by atoms with Crippen LogP contribution in [-0.2, 0) is 22.6 Å². The van der Waals surface area contributed by atoms with Gasteiger partial charge in [-0.05, 0) is 23.5 Å². The molecule has 0 aliphatic carbocycles. The SMILES string of the molecule is CC1(C)Cc2cccc3c(C4=C(c5c[nH]c6ccccc56)C(=O)NC4=O)cn(c23)C1. The molecule has 5 heteroatoms. The summed E-state index contributed by atoms with van der Waals surface area (Å²) in [6.07, 6.45) is 4.87. The van der Waals surface area contributed by atoms with E-state index in [0.29, 0.717) is 11.1 Å². The molecule has 5 nitrogen and oxygen atoms in total. The first-order valence-electron chi connectivity index (χ1n) is 10.2. The number of carbonyl (C=O) groups is 2. The fourth-order valence-electron chi connectivity index (χ4n) is 5.18. The van der Waals surface area contributed by atoms with Crippen molar-refractivity contribution in [2.75, 3.05) is 0 Å². The van der Waals surface area contributed by atoms with Crippen molar-refractivity contribution in [1.82, 2.24) is 14.9 Å². The highest BCUT2D eigenvalue weighted by Crippen LogP contribution is 2.42. The van der Waals surface area contributed by atoms with E-state index < -0.39 is 0 Å². The van der Waals surface area contributed by atoms with E-state index in [-0.39, 0.29) is 17.2 Å². The van der Waals surface area contributed by atoms with Crippen LogP contribution in [0.25, 0.3) is 33.0 Å². The van der Waals surface area contributed by atoms with Crippen LogP contribution in [0.3, 0.4) is 0 Å². The molecule has 2 aliphatic rings. The van der Waals surface area contributed by atoms with Gasteiger partial charge in [-0.2, -0.15) is 0 Å². The summed E-state index contributed by atoms with van der Waals surface area (Å²) in [7, 11) is 0. The minimum Gasteiger partial charge on any atom is -0.361 e. The molecule has 2 aromatic heterocycles. The second-order valence-electron chi connectivity index (χ2n) is 9.11. The van der Waals surface area contributed by atoms with Crippen molar-refractivity contribution < 1.29 is 9.59 Å². The Bertz CT molecular complexity index is 1430. The van der Waals surface area contributed by atoms with E-state index in [1.807, 2.05) is 36.5 Å². The maximum Gasteiger partial charge on any atom is 0.259 e. The van der Waals surface area contributed by atoms with E-state index in [4.69, 9.17) is 0 Å². The second kappa shape index (κ2) is 5.72. The average molecular weight is 395 g/mol. The van der Waals surface area contributed by atoms with Gasteiger partial charge in [0.1, 0.15) is 0 Å². The fraction of sp³-hybridized carbons (Fsp3) is 0.200.